The number of likely N-dealkylation sites (tertiary alicyclic amines) is 1. The molecule has 2 aliphatic rings. The summed E-state index contributed by atoms with van der Waals surface area (Å²) >= 11 is 0. The van der Waals surface area contributed by atoms with Crippen LogP contribution in [-0.4, -0.2) is 51.6 Å². The summed E-state index contributed by atoms with van der Waals surface area (Å²) in [5.74, 6) is 1.29. The summed E-state index contributed by atoms with van der Waals surface area (Å²) in [6.07, 6.45) is 7.57. The van der Waals surface area contributed by atoms with Crippen molar-refractivity contribution in [2.45, 2.75) is 32.1 Å². The second-order valence-corrected chi connectivity index (χ2v) is 6.60. The summed E-state index contributed by atoms with van der Waals surface area (Å²) < 4.78 is 2.01. The number of nitrogens with zero attached hydrogens (tertiary/aromatic N) is 5. The molecule has 4 rings (SSSR count). The molecule has 2 aromatic heterocycles. The highest BCUT2D eigenvalue weighted by molar-refractivity contribution is 5.79. The van der Waals surface area contributed by atoms with Crippen molar-refractivity contribution in [3.63, 3.8) is 0 Å². The smallest absolute Gasteiger partial charge is 0.231 e. The van der Waals surface area contributed by atoms with Crippen LogP contribution < -0.4 is 4.90 Å². The van der Waals surface area contributed by atoms with E-state index in [1.54, 1.807) is 0 Å². The van der Waals surface area contributed by atoms with Gasteiger partial charge < -0.3 is 9.80 Å². The summed E-state index contributed by atoms with van der Waals surface area (Å²) in [5, 5.41) is 8.57. The highest BCUT2D eigenvalue weighted by Crippen LogP contribution is 2.24. The molecule has 4 heterocycles. The van der Waals surface area contributed by atoms with Gasteiger partial charge in [0.15, 0.2) is 5.65 Å². The minimum Gasteiger partial charge on any atom is -0.342 e. The molecule has 2 aromatic rings. The predicted octanol–water partition coefficient (Wildman–Crippen LogP) is 1.96. The van der Waals surface area contributed by atoms with Crippen LogP contribution in [0.5, 0.6) is 0 Å². The van der Waals surface area contributed by atoms with E-state index in [-0.39, 0.29) is 5.92 Å². The molecule has 2 saturated heterocycles. The maximum atomic E-state index is 12.8. The largest absolute Gasteiger partial charge is 0.342 e. The molecule has 0 radical (unpaired) electrons. The van der Waals surface area contributed by atoms with Crippen LogP contribution >= 0.6 is 0 Å². The average molecular weight is 313 g/mol. The van der Waals surface area contributed by atoms with Crippen molar-refractivity contribution in [1.82, 2.24) is 19.5 Å². The number of piperidine rings is 2. The van der Waals surface area contributed by atoms with Gasteiger partial charge in [-0.3, -0.25) is 9.20 Å². The van der Waals surface area contributed by atoms with Gasteiger partial charge in [0.05, 0.1) is 5.92 Å². The van der Waals surface area contributed by atoms with Gasteiger partial charge in [0, 0.05) is 32.4 Å². The van der Waals surface area contributed by atoms with Gasteiger partial charge in [0.2, 0.25) is 11.9 Å². The second kappa shape index (κ2) is 6.18. The summed E-state index contributed by atoms with van der Waals surface area (Å²) in [6, 6.07) is 5.91. The van der Waals surface area contributed by atoms with Crippen molar-refractivity contribution in [3.8, 4) is 0 Å². The highest BCUT2D eigenvalue weighted by atomic mass is 16.2. The number of pyridine rings is 1. The summed E-state index contributed by atoms with van der Waals surface area (Å²) in [5.41, 5.74) is 0.854. The van der Waals surface area contributed by atoms with Crippen molar-refractivity contribution in [2.75, 3.05) is 31.1 Å². The SMILES string of the molecule is O=C([C@@H]1CCCN(c2nnc3ccccn23)C1)N1CCCCC1. The zero-order valence-corrected chi connectivity index (χ0v) is 13.4. The maximum Gasteiger partial charge on any atom is 0.231 e. The minimum atomic E-state index is 0.0953. The van der Waals surface area contributed by atoms with E-state index in [1.807, 2.05) is 28.8 Å². The van der Waals surface area contributed by atoms with Crippen LogP contribution in [-0.2, 0) is 4.79 Å². The molecule has 6 nitrogen and oxygen atoms in total. The Bertz CT molecular complexity index is 691. The van der Waals surface area contributed by atoms with Gasteiger partial charge >= 0.3 is 0 Å². The molecule has 6 heteroatoms. The Kier molecular flexibility index (Phi) is 3.89. The standard InChI is InChI=1S/C17H23N5O/c23-16(20-9-3-1-4-10-20)14-7-6-11-21(13-14)17-19-18-15-8-2-5-12-22(15)17/h2,5,8,12,14H,1,3-4,6-7,9-11,13H2/t14-/m1/s1. The molecular weight excluding hydrogens is 290 g/mol. The van der Waals surface area contributed by atoms with Gasteiger partial charge in [-0.2, -0.15) is 0 Å². The number of fused-ring (bicyclic) bond motifs is 1. The van der Waals surface area contributed by atoms with E-state index in [1.165, 1.54) is 6.42 Å². The summed E-state index contributed by atoms with van der Waals surface area (Å²) in [6.45, 7) is 3.57. The Labute approximate surface area is 136 Å². The van der Waals surface area contributed by atoms with Crippen LogP contribution in [0.2, 0.25) is 0 Å². The first-order valence-electron chi connectivity index (χ1n) is 8.66. The molecule has 0 aromatic carbocycles. The fourth-order valence-corrected chi connectivity index (χ4v) is 3.78. The molecule has 23 heavy (non-hydrogen) atoms. The Morgan fingerprint density at radius 2 is 1.91 bits per heavy atom. The molecule has 0 N–H and O–H groups in total. The molecule has 2 aliphatic heterocycles. The maximum absolute atomic E-state index is 12.8. The number of anilines is 1. The first-order chi connectivity index (χ1) is 11.3. The highest BCUT2D eigenvalue weighted by Gasteiger charge is 2.31. The van der Waals surface area contributed by atoms with E-state index in [0.717, 1.165) is 63.5 Å². The second-order valence-electron chi connectivity index (χ2n) is 6.60. The van der Waals surface area contributed by atoms with E-state index < -0.39 is 0 Å². The van der Waals surface area contributed by atoms with Crippen molar-refractivity contribution in [1.29, 1.82) is 0 Å². The molecule has 0 aliphatic carbocycles. The zero-order chi connectivity index (χ0) is 15.6. The first kappa shape index (κ1) is 14.5. The van der Waals surface area contributed by atoms with Gasteiger partial charge in [0.25, 0.3) is 0 Å². The van der Waals surface area contributed by atoms with Crippen LogP contribution in [0.4, 0.5) is 5.95 Å². The van der Waals surface area contributed by atoms with Gasteiger partial charge in [0.1, 0.15) is 0 Å². The Hall–Kier alpha value is -2.11. The molecule has 2 fully saturated rings. The molecule has 0 spiro atoms. The Morgan fingerprint density at radius 3 is 2.78 bits per heavy atom. The third-order valence-corrected chi connectivity index (χ3v) is 5.02. The van der Waals surface area contributed by atoms with Crippen molar-refractivity contribution < 1.29 is 4.79 Å². The van der Waals surface area contributed by atoms with E-state index >= 15 is 0 Å². The lowest BCUT2D eigenvalue weighted by atomic mass is 9.95. The monoisotopic (exact) mass is 313 g/mol. The van der Waals surface area contributed by atoms with Crippen LogP contribution in [0.25, 0.3) is 5.65 Å². The number of amides is 1. The van der Waals surface area contributed by atoms with E-state index in [0.29, 0.717) is 5.91 Å². The van der Waals surface area contributed by atoms with Crippen molar-refractivity contribution in [2.24, 2.45) is 5.92 Å². The van der Waals surface area contributed by atoms with Crippen LogP contribution in [0.15, 0.2) is 24.4 Å². The lowest BCUT2D eigenvalue weighted by molar-refractivity contribution is -0.136. The zero-order valence-electron chi connectivity index (χ0n) is 13.4. The normalized spacial score (nSPS) is 22.5. The van der Waals surface area contributed by atoms with Crippen LogP contribution in [0.1, 0.15) is 32.1 Å². The number of carbonyl (C=O) groups excluding carboxylic acids is 1. The molecule has 0 saturated carbocycles. The van der Waals surface area contributed by atoms with Crippen LogP contribution in [0.3, 0.4) is 0 Å². The average Bonchev–Trinajstić information content (AvgIpc) is 3.06. The summed E-state index contributed by atoms with van der Waals surface area (Å²) in [4.78, 5) is 17.1. The fourth-order valence-electron chi connectivity index (χ4n) is 3.78. The fraction of sp³-hybridized carbons (Fsp3) is 0.588. The number of hydrogen-bond donors (Lipinski definition) is 0. The number of rotatable bonds is 2. The van der Waals surface area contributed by atoms with Gasteiger partial charge in [-0.05, 0) is 44.2 Å². The minimum absolute atomic E-state index is 0.0953. The third kappa shape index (κ3) is 2.78. The number of aromatic nitrogens is 3. The Morgan fingerprint density at radius 1 is 1.04 bits per heavy atom. The van der Waals surface area contributed by atoms with E-state index in [9.17, 15) is 4.79 Å². The lowest BCUT2D eigenvalue weighted by Crippen LogP contribution is -2.46. The van der Waals surface area contributed by atoms with Gasteiger partial charge in [-0.25, -0.2) is 0 Å². The van der Waals surface area contributed by atoms with Gasteiger partial charge in [-0.1, -0.05) is 6.07 Å². The van der Waals surface area contributed by atoms with E-state index in [2.05, 4.69) is 20.0 Å². The summed E-state index contributed by atoms with van der Waals surface area (Å²) in [7, 11) is 0. The van der Waals surface area contributed by atoms with E-state index in [4.69, 9.17) is 0 Å². The van der Waals surface area contributed by atoms with Crippen molar-refractivity contribution in [3.05, 3.63) is 24.4 Å². The first-order valence-corrected chi connectivity index (χ1v) is 8.66. The van der Waals surface area contributed by atoms with Crippen LogP contribution in [0, 0.1) is 5.92 Å². The molecule has 0 bridgehead atoms. The molecule has 122 valence electrons. The number of carbonyl (C=O) groups is 1. The quantitative estimate of drug-likeness (QED) is 0.850. The Balaban J connectivity index is 1.51. The number of hydrogen-bond acceptors (Lipinski definition) is 4. The molecule has 1 atom stereocenters. The molecule has 0 unspecified atom stereocenters. The predicted molar refractivity (Wildman–Crippen MR) is 88.4 cm³/mol. The van der Waals surface area contributed by atoms with Gasteiger partial charge in [-0.15, -0.1) is 10.2 Å². The lowest BCUT2D eigenvalue weighted by Gasteiger charge is -2.36. The molecule has 1 amide bonds. The molecular formula is C17H23N5O. The van der Waals surface area contributed by atoms with Crippen molar-refractivity contribution >= 4 is 17.5 Å². The third-order valence-electron chi connectivity index (χ3n) is 5.02. The topological polar surface area (TPSA) is 53.7 Å².